The van der Waals surface area contributed by atoms with Gasteiger partial charge in [0.1, 0.15) is 12.1 Å². The number of imidazole rings is 1. The van der Waals surface area contributed by atoms with Crippen molar-refractivity contribution >= 4 is 22.4 Å². The number of fused-ring (bicyclic) bond motifs is 1. The number of ether oxygens (including phenoxy) is 1. The van der Waals surface area contributed by atoms with Gasteiger partial charge in [-0.05, 0) is 6.07 Å². The van der Waals surface area contributed by atoms with Gasteiger partial charge in [-0.25, -0.2) is 9.97 Å². The molecular formula is C14H14N6O3. The van der Waals surface area contributed by atoms with Crippen LogP contribution in [0.5, 0.6) is 0 Å². The third kappa shape index (κ3) is 3.09. The van der Waals surface area contributed by atoms with Gasteiger partial charge in [-0.15, -0.1) is 0 Å². The zero-order valence-electron chi connectivity index (χ0n) is 12.3. The predicted octanol–water partition coefficient (Wildman–Crippen LogP) is 1.78. The van der Waals surface area contributed by atoms with E-state index < -0.39 is 4.92 Å². The highest BCUT2D eigenvalue weighted by Crippen LogP contribution is 2.26. The number of non-ortho nitro benzene ring substituents is 1. The Bertz CT molecular complexity index is 834. The summed E-state index contributed by atoms with van der Waals surface area (Å²) in [5.74, 6) is 0.947. The molecule has 0 radical (unpaired) electrons. The second-order valence-corrected chi connectivity index (χ2v) is 4.72. The van der Waals surface area contributed by atoms with Gasteiger partial charge in [-0.1, -0.05) is 0 Å². The number of nitrogens with one attached hydrogen (secondary N) is 1. The van der Waals surface area contributed by atoms with E-state index in [1.54, 1.807) is 36.5 Å². The lowest BCUT2D eigenvalue weighted by Crippen LogP contribution is -2.11. The van der Waals surface area contributed by atoms with Crippen LogP contribution in [-0.4, -0.2) is 44.7 Å². The first-order valence-corrected chi connectivity index (χ1v) is 6.86. The minimum Gasteiger partial charge on any atom is -0.383 e. The van der Waals surface area contributed by atoms with E-state index in [1.165, 1.54) is 12.1 Å². The second kappa shape index (κ2) is 6.36. The lowest BCUT2D eigenvalue weighted by Gasteiger charge is -2.10. The Morgan fingerprint density at radius 3 is 2.96 bits per heavy atom. The largest absolute Gasteiger partial charge is 0.383 e. The Balaban J connectivity index is 2.11. The fourth-order valence-corrected chi connectivity index (χ4v) is 2.12. The Morgan fingerprint density at radius 2 is 2.26 bits per heavy atom. The van der Waals surface area contributed by atoms with Gasteiger partial charge in [0, 0.05) is 43.6 Å². The number of nitrogens with zero attached hydrogens (tertiary/aromatic N) is 5. The molecule has 9 heteroatoms. The summed E-state index contributed by atoms with van der Waals surface area (Å²) in [4.78, 5) is 23.4. The van der Waals surface area contributed by atoms with E-state index in [-0.39, 0.29) is 5.69 Å². The maximum Gasteiger partial charge on any atom is 0.270 e. The molecule has 118 valence electrons. The molecule has 0 bridgehead atoms. The Labute approximate surface area is 131 Å². The van der Waals surface area contributed by atoms with Gasteiger partial charge in [0.25, 0.3) is 5.69 Å². The Kier molecular flexibility index (Phi) is 4.11. The molecule has 0 unspecified atom stereocenters. The normalized spacial score (nSPS) is 10.8. The van der Waals surface area contributed by atoms with E-state index in [9.17, 15) is 10.1 Å². The lowest BCUT2D eigenvalue weighted by molar-refractivity contribution is -0.384. The molecule has 0 aliphatic carbocycles. The first-order valence-electron chi connectivity index (χ1n) is 6.86. The van der Waals surface area contributed by atoms with Crippen LogP contribution in [0, 0.1) is 10.1 Å². The average molecular weight is 314 g/mol. The van der Waals surface area contributed by atoms with E-state index in [2.05, 4.69) is 20.3 Å². The number of anilines is 1. The van der Waals surface area contributed by atoms with Gasteiger partial charge in [0.05, 0.1) is 17.0 Å². The first kappa shape index (κ1) is 14.9. The number of aromatic nitrogens is 4. The molecule has 2 heterocycles. The summed E-state index contributed by atoms with van der Waals surface area (Å²) < 4.78 is 6.68. The summed E-state index contributed by atoms with van der Waals surface area (Å²) in [5.41, 5.74) is 0.598. The minimum absolute atomic E-state index is 0.00808. The van der Waals surface area contributed by atoms with E-state index in [1.807, 2.05) is 0 Å². The summed E-state index contributed by atoms with van der Waals surface area (Å²) in [7, 11) is 1.60. The minimum atomic E-state index is -0.442. The summed E-state index contributed by atoms with van der Waals surface area (Å²) in [5, 5.41) is 14.7. The van der Waals surface area contributed by atoms with Crippen LogP contribution >= 0.6 is 0 Å². The fourth-order valence-electron chi connectivity index (χ4n) is 2.12. The lowest BCUT2D eigenvalue weighted by atomic mass is 10.2. The number of benzene rings is 1. The standard InChI is InChI=1S/C14H14N6O3/c1-23-7-5-16-13-11-8-10(20(21)22)2-3-12(11)17-14(18-13)19-6-4-15-9-19/h2-4,6,8-9H,5,7H2,1H3,(H,16,17,18). The molecule has 0 aliphatic heterocycles. The highest BCUT2D eigenvalue weighted by molar-refractivity contribution is 5.91. The Morgan fingerprint density at radius 1 is 1.39 bits per heavy atom. The maximum atomic E-state index is 11.0. The van der Waals surface area contributed by atoms with Crippen molar-refractivity contribution in [3.8, 4) is 5.95 Å². The summed E-state index contributed by atoms with van der Waals surface area (Å²) in [6.07, 6.45) is 4.94. The molecule has 2 aromatic heterocycles. The van der Waals surface area contributed by atoms with Crippen molar-refractivity contribution in [3.63, 3.8) is 0 Å². The molecular weight excluding hydrogens is 300 g/mol. The maximum absolute atomic E-state index is 11.0. The van der Waals surface area contributed by atoms with Crippen LogP contribution in [0.4, 0.5) is 11.5 Å². The average Bonchev–Trinajstić information content (AvgIpc) is 3.08. The summed E-state index contributed by atoms with van der Waals surface area (Å²) in [6.45, 7) is 1.01. The SMILES string of the molecule is COCCNc1nc(-n2ccnc2)nc2ccc([N+](=O)[O-])cc12. The van der Waals surface area contributed by atoms with E-state index in [4.69, 9.17) is 4.74 Å². The van der Waals surface area contributed by atoms with Gasteiger partial charge >= 0.3 is 0 Å². The van der Waals surface area contributed by atoms with Crippen LogP contribution in [0.15, 0.2) is 36.9 Å². The molecule has 3 rings (SSSR count). The van der Waals surface area contributed by atoms with Crippen LogP contribution in [0.1, 0.15) is 0 Å². The van der Waals surface area contributed by atoms with Gasteiger partial charge in [0.15, 0.2) is 0 Å². The van der Waals surface area contributed by atoms with Crippen molar-refractivity contribution in [2.45, 2.75) is 0 Å². The molecule has 0 fully saturated rings. The number of hydrogen-bond donors (Lipinski definition) is 1. The monoisotopic (exact) mass is 314 g/mol. The number of hydrogen-bond acceptors (Lipinski definition) is 7. The van der Waals surface area contributed by atoms with Gasteiger partial charge in [0.2, 0.25) is 5.95 Å². The van der Waals surface area contributed by atoms with Crippen molar-refractivity contribution in [2.24, 2.45) is 0 Å². The number of nitro benzene ring substituents is 1. The van der Waals surface area contributed by atoms with Crippen molar-refractivity contribution in [1.29, 1.82) is 0 Å². The number of nitro groups is 1. The van der Waals surface area contributed by atoms with Crippen LogP contribution in [0.3, 0.4) is 0 Å². The van der Waals surface area contributed by atoms with Gasteiger partial charge < -0.3 is 10.1 Å². The first-order chi connectivity index (χ1) is 11.2. The van der Waals surface area contributed by atoms with Crippen LogP contribution in [0.2, 0.25) is 0 Å². The summed E-state index contributed by atoms with van der Waals surface area (Å²) in [6, 6.07) is 4.49. The molecule has 0 atom stereocenters. The molecule has 0 saturated heterocycles. The molecule has 0 aliphatic rings. The van der Waals surface area contributed by atoms with Crippen molar-refractivity contribution in [1.82, 2.24) is 19.5 Å². The molecule has 0 saturated carbocycles. The number of methoxy groups -OCH3 is 1. The molecule has 3 aromatic rings. The fraction of sp³-hybridized carbons (Fsp3) is 0.214. The van der Waals surface area contributed by atoms with Gasteiger partial charge in [-0.3, -0.25) is 14.7 Å². The zero-order valence-corrected chi connectivity index (χ0v) is 12.3. The Hall–Kier alpha value is -3.07. The second-order valence-electron chi connectivity index (χ2n) is 4.72. The van der Waals surface area contributed by atoms with Gasteiger partial charge in [-0.2, -0.15) is 4.98 Å². The highest BCUT2D eigenvalue weighted by atomic mass is 16.6. The van der Waals surface area contributed by atoms with Crippen molar-refractivity contribution in [3.05, 3.63) is 47.0 Å². The molecule has 23 heavy (non-hydrogen) atoms. The molecule has 1 aromatic carbocycles. The summed E-state index contributed by atoms with van der Waals surface area (Å²) >= 11 is 0. The third-order valence-electron chi connectivity index (χ3n) is 3.21. The van der Waals surface area contributed by atoms with Crippen LogP contribution < -0.4 is 5.32 Å². The molecule has 9 nitrogen and oxygen atoms in total. The van der Waals surface area contributed by atoms with E-state index in [0.29, 0.717) is 35.8 Å². The van der Waals surface area contributed by atoms with Crippen LogP contribution in [-0.2, 0) is 4.74 Å². The topological polar surface area (TPSA) is 108 Å². The smallest absolute Gasteiger partial charge is 0.270 e. The van der Waals surface area contributed by atoms with E-state index >= 15 is 0 Å². The van der Waals surface area contributed by atoms with Crippen LogP contribution in [0.25, 0.3) is 16.9 Å². The van der Waals surface area contributed by atoms with Crippen molar-refractivity contribution in [2.75, 3.05) is 25.6 Å². The predicted molar refractivity (Wildman–Crippen MR) is 83.7 cm³/mol. The molecule has 0 spiro atoms. The van der Waals surface area contributed by atoms with Crippen molar-refractivity contribution < 1.29 is 9.66 Å². The number of rotatable bonds is 6. The molecule has 1 N–H and O–H groups in total. The van der Waals surface area contributed by atoms with E-state index in [0.717, 1.165) is 0 Å². The third-order valence-corrected chi connectivity index (χ3v) is 3.21. The molecule has 0 amide bonds. The highest BCUT2D eigenvalue weighted by Gasteiger charge is 2.13. The zero-order chi connectivity index (χ0) is 16.2. The quantitative estimate of drug-likeness (QED) is 0.419.